The Balaban J connectivity index is 2.24. The van der Waals surface area contributed by atoms with Crippen LogP contribution in [0.2, 0.25) is 0 Å². The first-order valence-corrected chi connectivity index (χ1v) is 10.3. The zero-order chi connectivity index (χ0) is 21.1. The molecule has 6 nitrogen and oxygen atoms in total. The molecule has 0 aliphatic heterocycles. The van der Waals surface area contributed by atoms with Crippen LogP contribution in [0.1, 0.15) is 53.4 Å². The van der Waals surface area contributed by atoms with Crippen LogP contribution in [0, 0.1) is 34.0 Å². The van der Waals surface area contributed by atoms with Gasteiger partial charge in [0.15, 0.2) is 5.78 Å². The largest absolute Gasteiger partial charge is 0.460 e. The van der Waals surface area contributed by atoms with E-state index < -0.39 is 53.1 Å². The molecule has 9 atom stereocenters. The van der Waals surface area contributed by atoms with Crippen LogP contribution in [0.15, 0.2) is 12.7 Å². The number of ether oxygens (including phenoxy) is 1. The zero-order valence-corrected chi connectivity index (χ0v) is 17.4. The molecular weight excluding hydrogens is 360 g/mol. The van der Waals surface area contributed by atoms with E-state index in [1.807, 2.05) is 20.8 Å². The fourth-order valence-corrected chi connectivity index (χ4v) is 6.68. The Labute approximate surface area is 167 Å². The van der Waals surface area contributed by atoms with Crippen LogP contribution in [0.5, 0.6) is 0 Å². The predicted molar refractivity (Wildman–Crippen MR) is 103 cm³/mol. The molecule has 0 aromatic rings. The summed E-state index contributed by atoms with van der Waals surface area (Å²) in [4.78, 5) is 25.3. The maximum Gasteiger partial charge on any atom is 0.332 e. The van der Waals surface area contributed by atoms with E-state index in [4.69, 9.17) is 4.74 Å². The van der Waals surface area contributed by atoms with Crippen molar-refractivity contribution in [1.29, 1.82) is 0 Å². The van der Waals surface area contributed by atoms with E-state index in [2.05, 4.69) is 13.5 Å². The van der Waals surface area contributed by atoms with E-state index in [1.165, 1.54) is 0 Å². The first-order chi connectivity index (χ1) is 13.0. The Morgan fingerprint density at radius 1 is 1.29 bits per heavy atom. The van der Waals surface area contributed by atoms with E-state index in [9.17, 15) is 24.9 Å². The Hall–Kier alpha value is -1.24. The van der Waals surface area contributed by atoms with E-state index >= 15 is 0 Å². The smallest absolute Gasteiger partial charge is 0.332 e. The number of hydrogen-bond acceptors (Lipinski definition) is 6. The molecule has 6 heteroatoms. The van der Waals surface area contributed by atoms with Crippen LogP contribution < -0.4 is 0 Å². The summed E-state index contributed by atoms with van der Waals surface area (Å²) in [7, 11) is 0. The third kappa shape index (κ3) is 2.71. The number of rotatable bonds is 3. The summed E-state index contributed by atoms with van der Waals surface area (Å²) >= 11 is 0. The van der Waals surface area contributed by atoms with Gasteiger partial charge in [-0.25, -0.2) is 4.79 Å². The van der Waals surface area contributed by atoms with Crippen LogP contribution in [-0.4, -0.2) is 52.0 Å². The van der Waals surface area contributed by atoms with Crippen molar-refractivity contribution in [2.75, 3.05) is 6.61 Å². The van der Waals surface area contributed by atoms with E-state index in [1.54, 1.807) is 6.08 Å². The molecule has 3 rings (SSSR count). The highest BCUT2D eigenvalue weighted by Crippen LogP contribution is 2.67. The second-order valence-electron chi connectivity index (χ2n) is 9.88. The molecule has 0 amide bonds. The molecule has 0 aromatic heterocycles. The van der Waals surface area contributed by atoms with Gasteiger partial charge in [-0.15, -0.1) is 6.58 Å². The molecule has 0 aromatic carbocycles. The van der Waals surface area contributed by atoms with Gasteiger partial charge < -0.3 is 20.1 Å². The second-order valence-corrected chi connectivity index (χ2v) is 9.88. The Morgan fingerprint density at radius 2 is 1.93 bits per heavy atom. The lowest BCUT2D eigenvalue weighted by molar-refractivity contribution is -0.207. The lowest BCUT2D eigenvalue weighted by Gasteiger charge is -2.61. The molecule has 0 saturated heterocycles. The lowest BCUT2D eigenvalue weighted by atomic mass is 9.44. The standard InChI is InChI=1S/C22H34O6/c1-6-20(4)10-15(28-16(25)11-23)21(5)12(2)7-8-22(13(3)19(20)27)9-14(24)17(26)18(21)22/h6,12-15,18-19,23-24,27H,1,7-11H2,2-5H3/t12-,13+,14-,15-,18-,19+,20-,21+,22+/m1/s1. The van der Waals surface area contributed by atoms with Gasteiger partial charge >= 0.3 is 5.97 Å². The van der Waals surface area contributed by atoms with E-state index in [0.29, 0.717) is 12.8 Å². The number of ketones is 1. The van der Waals surface area contributed by atoms with Crippen molar-refractivity contribution < 1.29 is 29.6 Å². The topological polar surface area (TPSA) is 104 Å². The summed E-state index contributed by atoms with van der Waals surface area (Å²) in [5, 5.41) is 31.2. The third-order valence-electron chi connectivity index (χ3n) is 8.73. The molecule has 0 radical (unpaired) electrons. The van der Waals surface area contributed by atoms with Crippen LogP contribution in [0.25, 0.3) is 0 Å². The average Bonchev–Trinajstić information content (AvgIpc) is 2.94. The van der Waals surface area contributed by atoms with Crippen LogP contribution in [0.3, 0.4) is 0 Å². The van der Waals surface area contributed by atoms with Gasteiger partial charge in [-0.3, -0.25) is 4.79 Å². The minimum Gasteiger partial charge on any atom is -0.460 e. The number of aliphatic hydroxyl groups excluding tert-OH is 3. The average molecular weight is 395 g/mol. The fraction of sp³-hybridized carbons (Fsp3) is 0.818. The van der Waals surface area contributed by atoms with E-state index in [0.717, 1.165) is 12.8 Å². The monoisotopic (exact) mass is 394 g/mol. The number of aliphatic hydroxyl groups is 3. The van der Waals surface area contributed by atoms with Crippen molar-refractivity contribution in [3.8, 4) is 0 Å². The SMILES string of the molecule is C=C[C@]1(C)C[C@@H](OC(=O)CO)[C@]2(C)[C@H](C)CC[C@]3(C[C@@H](O)C(=O)[C@@H]32)[C@@H](C)[C@@H]1O. The van der Waals surface area contributed by atoms with Crippen molar-refractivity contribution in [2.24, 2.45) is 34.0 Å². The summed E-state index contributed by atoms with van der Waals surface area (Å²) in [6.45, 7) is 11.1. The minimum absolute atomic E-state index is 0.0767. The lowest BCUT2D eigenvalue weighted by Crippen LogP contribution is -2.63. The van der Waals surface area contributed by atoms with Gasteiger partial charge in [0.1, 0.15) is 18.8 Å². The number of carbonyl (C=O) groups is 2. The Morgan fingerprint density at radius 3 is 2.50 bits per heavy atom. The van der Waals surface area contributed by atoms with Crippen molar-refractivity contribution in [3.05, 3.63) is 12.7 Å². The van der Waals surface area contributed by atoms with Gasteiger partial charge in [-0.05, 0) is 42.9 Å². The van der Waals surface area contributed by atoms with Crippen LogP contribution >= 0.6 is 0 Å². The molecular formula is C22H34O6. The summed E-state index contributed by atoms with van der Waals surface area (Å²) in [6, 6.07) is 0. The van der Waals surface area contributed by atoms with Gasteiger partial charge in [0, 0.05) is 16.7 Å². The molecule has 0 unspecified atom stereocenters. The first kappa shape index (κ1) is 21.5. The van der Waals surface area contributed by atoms with Crippen molar-refractivity contribution >= 4 is 11.8 Å². The Kier molecular flexibility index (Phi) is 5.31. The molecule has 28 heavy (non-hydrogen) atoms. The van der Waals surface area contributed by atoms with Gasteiger partial charge in [-0.2, -0.15) is 0 Å². The summed E-state index contributed by atoms with van der Waals surface area (Å²) in [6.07, 6.45) is 1.37. The molecule has 3 fully saturated rings. The third-order valence-corrected chi connectivity index (χ3v) is 8.73. The number of Topliss-reactive ketones (excluding diaryl/α,β-unsaturated/α-hetero) is 1. The summed E-state index contributed by atoms with van der Waals surface area (Å²) < 4.78 is 5.72. The molecule has 3 aliphatic rings. The molecule has 3 N–H and O–H groups in total. The molecule has 2 bridgehead atoms. The first-order valence-electron chi connectivity index (χ1n) is 10.3. The predicted octanol–water partition coefficient (Wildman–Crippen LogP) is 1.86. The number of hydrogen-bond donors (Lipinski definition) is 3. The zero-order valence-electron chi connectivity index (χ0n) is 17.4. The highest BCUT2D eigenvalue weighted by Gasteiger charge is 2.70. The minimum atomic E-state index is -1.06. The van der Waals surface area contributed by atoms with E-state index in [-0.39, 0.29) is 17.6 Å². The molecule has 3 aliphatic carbocycles. The number of esters is 1. The molecule has 0 heterocycles. The van der Waals surface area contributed by atoms with Crippen molar-refractivity contribution in [1.82, 2.24) is 0 Å². The maximum absolute atomic E-state index is 13.2. The van der Waals surface area contributed by atoms with Crippen LogP contribution in [0.4, 0.5) is 0 Å². The van der Waals surface area contributed by atoms with Gasteiger partial charge in [0.05, 0.1) is 6.10 Å². The van der Waals surface area contributed by atoms with Crippen molar-refractivity contribution in [2.45, 2.75) is 71.7 Å². The maximum atomic E-state index is 13.2. The van der Waals surface area contributed by atoms with Gasteiger partial charge in [0.25, 0.3) is 0 Å². The van der Waals surface area contributed by atoms with Gasteiger partial charge in [0.2, 0.25) is 0 Å². The molecule has 0 spiro atoms. The molecule has 3 saturated carbocycles. The fourth-order valence-electron chi connectivity index (χ4n) is 6.68. The highest BCUT2D eigenvalue weighted by atomic mass is 16.6. The van der Waals surface area contributed by atoms with Gasteiger partial charge in [-0.1, -0.05) is 33.8 Å². The summed E-state index contributed by atoms with van der Waals surface area (Å²) in [5.41, 5.74) is -1.98. The quantitative estimate of drug-likeness (QED) is 0.499. The highest BCUT2D eigenvalue weighted by molar-refractivity contribution is 5.89. The second kappa shape index (κ2) is 6.92. The normalized spacial score (nSPS) is 51.0. The van der Waals surface area contributed by atoms with Crippen LogP contribution in [-0.2, 0) is 14.3 Å². The number of carbonyl (C=O) groups excluding carboxylic acids is 2. The molecule has 158 valence electrons. The summed E-state index contributed by atoms with van der Waals surface area (Å²) in [5.74, 6) is -1.60. The van der Waals surface area contributed by atoms with Crippen molar-refractivity contribution in [3.63, 3.8) is 0 Å². The Bertz CT molecular complexity index is 676.